The summed E-state index contributed by atoms with van der Waals surface area (Å²) in [5.74, 6) is -2.11. The highest BCUT2D eigenvalue weighted by atomic mass is 35.5. The molecular formula is C10H8ClFO3. The highest BCUT2D eigenvalue weighted by molar-refractivity contribution is 6.30. The third kappa shape index (κ3) is 1.45. The van der Waals surface area contributed by atoms with Gasteiger partial charge in [0.15, 0.2) is 0 Å². The molecule has 0 saturated heterocycles. The Morgan fingerprint density at radius 1 is 1.47 bits per heavy atom. The number of aromatic hydroxyl groups is 1. The van der Waals surface area contributed by atoms with Crippen molar-refractivity contribution in [3.63, 3.8) is 0 Å². The molecule has 0 atom stereocenters. The molecule has 1 fully saturated rings. The van der Waals surface area contributed by atoms with Crippen LogP contribution < -0.4 is 0 Å². The standard InChI is InChI=1S/C10H8ClFO3/c11-6-3-5(8(13)4-7(6)12)10(1-2-10)9(14)15/h3-4,13H,1-2H2,(H,14,15). The van der Waals surface area contributed by atoms with Crippen LogP contribution in [0.25, 0.3) is 0 Å². The first-order chi connectivity index (χ1) is 6.97. The summed E-state index contributed by atoms with van der Waals surface area (Å²) in [5, 5.41) is 18.3. The summed E-state index contributed by atoms with van der Waals surface area (Å²) in [5.41, 5.74) is -0.872. The molecular weight excluding hydrogens is 223 g/mol. The van der Waals surface area contributed by atoms with Crippen molar-refractivity contribution in [1.82, 2.24) is 0 Å². The van der Waals surface area contributed by atoms with Crippen molar-refractivity contribution in [3.05, 3.63) is 28.5 Å². The molecule has 2 N–H and O–H groups in total. The molecule has 0 unspecified atom stereocenters. The van der Waals surface area contributed by atoms with Crippen LogP contribution in [-0.4, -0.2) is 16.2 Å². The van der Waals surface area contributed by atoms with Gasteiger partial charge < -0.3 is 10.2 Å². The van der Waals surface area contributed by atoms with Gasteiger partial charge >= 0.3 is 5.97 Å². The first kappa shape index (κ1) is 10.2. The number of hydrogen-bond acceptors (Lipinski definition) is 2. The van der Waals surface area contributed by atoms with Crippen LogP contribution in [0, 0.1) is 5.82 Å². The minimum atomic E-state index is -1.07. The normalized spacial score (nSPS) is 17.5. The van der Waals surface area contributed by atoms with Gasteiger partial charge in [0.1, 0.15) is 11.6 Å². The molecule has 0 radical (unpaired) electrons. The van der Waals surface area contributed by atoms with Gasteiger partial charge in [0, 0.05) is 11.6 Å². The fourth-order valence-corrected chi connectivity index (χ4v) is 1.81. The van der Waals surface area contributed by atoms with E-state index in [-0.39, 0.29) is 16.3 Å². The zero-order valence-electron chi connectivity index (χ0n) is 7.63. The molecule has 0 aromatic heterocycles. The molecule has 1 aromatic carbocycles. The Kier molecular flexibility index (Phi) is 2.12. The minimum Gasteiger partial charge on any atom is -0.508 e. The maximum absolute atomic E-state index is 12.9. The largest absolute Gasteiger partial charge is 0.508 e. The average Bonchev–Trinajstić information content (AvgIpc) is 2.92. The van der Waals surface area contributed by atoms with Crippen molar-refractivity contribution in [2.24, 2.45) is 0 Å². The van der Waals surface area contributed by atoms with E-state index in [0.29, 0.717) is 12.8 Å². The zero-order valence-corrected chi connectivity index (χ0v) is 8.38. The Bertz CT molecular complexity index is 441. The number of phenolic OH excluding ortho intramolecular Hbond substituents is 1. The molecule has 3 nitrogen and oxygen atoms in total. The molecule has 80 valence electrons. The third-order valence-corrected chi connectivity index (χ3v) is 3.00. The number of phenols is 1. The van der Waals surface area contributed by atoms with Crippen LogP contribution in [0.2, 0.25) is 5.02 Å². The van der Waals surface area contributed by atoms with Gasteiger partial charge in [-0.3, -0.25) is 4.79 Å². The van der Waals surface area contributed by atoms with Gasteiger partial charge in [-0.05, 0) is 18.9 Å². The van der Waals surface area contributed by atoms with E-state index in [9.17, 15) is 14.3 Å². The number of halogens is 2. The molecule has 2 rings (SSSR count). The lowest BCUT2D eigenvalue weighted by Crippen LogP contribution is -2.19. The highest BCUT2D eigenvalue weighted by Gasteiger charge is 2.53. The van der Waals surface area contributed by atoms with Gasteiger partial charge in [0.2, 0.25) is 0 Å². The fourth-order valence-electron chi connectivity index (χ4n) is 1.64. The van der Waals surface area contributed by atoms with Gasteiger partial charge in [-0.2, -0.15) is 0 Å². The molecule has 1 aromatic rings. The molecule has 0 amide bonds. The lowest BCUT2D eigenvalue weighted by molar-refractivity contribution is -0.140. The molecule has 5 heteroatoms. The van der Waals surface area contributed by atoms with E-state index >= 15 is 0 Å². The lowest BCUT2D eigenvalue weighted by Gasteiger charge is -2.12. The van der Waals surface area contributed by atoms with Gasteiger partial charge in [-0.1, -0.05) is 11.6 Å². The molecule has 0 heterocycles. The third-order valence-electron chi connectivity index (χ3n) is 2.71. The zero-order chi connectivity index (χ0) is 11.2. The quantitative estimate of drug-likeness (QED) is 0.820. The van der Waals surface area contributed by atoms with Gasteiger partial charge in [-0.15, -0.1) is 0 Å². The van der Waals surface area contributed by atoms with Gasteiger partial charge in [-0.25, -0.2) is 4.39 Å². The van der Waals surface area contributed by atoms with E-state index < -0.39 is 17.2 Å². The average molecular weight is 231 g/mol. The van der Waals surface area contributed by atoms with E-state index in [1.165, 1.54) is 6.07 Å². The Morgan fingerprint density at radius 3 is 2.53 bits per heavy atom. The topological polar surface area (TPSA) is 57.5 Å². The number of aliphatic carboxylic acids is 1. The van der Waals surface area contributed by atoms with E-state index in [4.69, 9.17) is 16.7 Å². The number of carboxylic acid groups (broad SMARTS) is 1. The first-order valence-corrected chi connectivity index (χ1v) is 4.77. The van der Waals surface area contributed by atoms with E-state index in [0.717, 1.165) is 6.07 Å². The lowest BCUT2D eigenvalue weighted by atomic mass is 9.95. The van der Waals surface area contributed by atoms with E-state index in [2.05, 4.69) is 0 Å². The molecule has 1 saturated carbocycles. The van der Waals surface area contributed by atoms with Crippen molar-refractivity contribution in [1.29, 1.82) is 0 Å². The van der Waals surface area contributed by atoms with Crippen molar-refractivity contribution >= 4 is 17.6 Å². The number of benzene rings is 1. The van der Waals surface area contributed by atoms with Crippen LogP contribution in [0.1, 0.15) is 18.4 Å². The molecule has 0 bridgehead atoms. The van der Waals surface area contributed by atoms with Crippen molar-refractivity contribution in [3.8, 4) is 5.75 Å². The van der Waals surface area contributed by atoms with Crippen LogP contribution in [0.4, 0.5) is 4.39 Å². The summed E-state index contributed by atoms with van der Waals surface area (Å²) < 4.78 is 12.9. The number of carbonyl (C=O) groups is 1. The predicted molar refractivity (Wildman–Crippen MR) is 51.6 cm³/mol. The number of carboxylic acids is 1. The summed E-state index contributed by atoms with van der Waals surface area (Å²) in [7, 11) is 0. The maximum Gasteiger partial charge on any atom is 0.314 e. The summed E-state index contributed by atoms with van der Waals surface area (Å²) in [6, 6.07) is 2.04. The Labute approximate surface area is 90.1 Å². The van der Waals surface area contributed by atoms with Crippen LogP contribution in [0.15, 0.2) is 12.1 Å². The van der Waals surface area contributed by atoms with Gasteiger partial charge in [0.25, 0.3) is 0 Å². The monoisotopic (exact) mass is 230 g/mol. The van der Waals surface area contributed by atoms with Crippen LogP contribution >= 0.6 is 11.6 Å². The van der Waals surface area contributed by atoms with E-state index in [1.54, 1.807) is 0 Å². The molecule has 15 heavy (non-hydrogen) atoms. The van der Waals surface area contributed by atoms with Gasteiger partial charge in [0.05, 0.1) is 10.4 Å². The Balaban J connectivity index is 2.54. The SMILES string of the molecule is O=C(O)C1(c2cc(Cl)c(F)cc2O)CC1. The van der Waals surface area contributed by atoms with Crippen LogP contribution in [0.3, 0.4) is 0 Å². The minimum absolute atomic E-state index is 0.171. The fraction of sp³-hybridized carbons (Fsp3) is 0.300. The maximum atomic E-state index is 12.9. The molecule has 0 aliphatic heterocycles. The van der Waals surface area contributed by atoms with Crippen molar-refractivity contribution in [2.75, 3.05) is 0 Å². The highest BCUT2D eigenvalue weighted by Crippen LogP contribution is 2.52. The first-order valence-electron chi connectivity index (χ1n) is 4.39. The second kappa shape index (κ2) is 3.10. The van der Waals surface area contributed by atoms with Crippen LogP contribution in [-0.2, 0) is 10.2 Å². The molecule has 1 aliphatic rings. The second-order valence-electron chi connectivity index (χ2n) is 3.67. The smallest absolute Gasteiger partial charge is 0.314 e. The Hall–Kier alpha value is -1.29. The summed E-state index contributed by atoms with van der Waals surface area (Å²) in [6.45, 7) is 0. The Morgan fingerprint density at radius 2 is 2.07 bits per heavy atom. The number of hydrogen-bond donors (Lipinski definition) is 2. The number of rotatable bonds is 2. The summed E-state index contributed by atoms with van der Waals surface area (Å²) in [4.78, 5) is 11.0. The second-order valence-corrected chi connectivity index (χ2v) is 4.08. The van der Waals surface area contributed by atoms with Crippen molar-refractivity contribution < 1.29 is 19.4 Å². The summed E-state index contributed by atoms with van der Waals surface area (Å²) >= 11 is 5.55. The molecule has 0 spiro atoms. The predicted octanol–water partition coefficient (Wildman–Crippen LogP) is 2.30. The van der Waals surface area contributed by atoms with Crippen LogP contribution in [0.5, 0.6) is 5.75 Å². The van der Waals surface area contributed by atoms with Crippen molar-refractivity contribution in [2.45, 2.75) is 18.3 Å². The summed E-state index contributed by atoms with van der Waals surface area (Å²) in [6.07, 6.45) is 0.885. The van der Waals surface area contributed by atoms with E-state index in [1.807, 2.05) is 0 Å². The molecule has 1 aliphatic carbocycles.